The molecular weight excluding hydrogens is 365 g/mol. The normalized spacial score (nSPS) is 11.8. The molecule has 0 heterocycles. The summed E-state index contributed by atoms with van der Waals surface area (Å²) in [5, 5.41) is 0. The Balaban J connectivity index is 3.31. The van der Waals surface area contributed by atoms with Crippen molar-refractivity contribution in [3.8, 4) is 0 Å². The van der Waals surface area contributed by atoms with Crippen LogP contribution in [0.25, 0.3) is 0 Å². The van der Waals surface area contributed by atoms with Crippen LogP contribution in [0.5, 0.6) is 0 Å². The molecule has 9 heteroatoms. The van der Waals surface area contributed by atoms with E-state index in [0.29, 0.717) is 12.8 Å². The number of rotatable bonds is 7. The maximum atomic E-state index is 14.1. The van der Waals surface area contributed by atoms with Crippen LogP contribution >= 0.6 is 15.9 Å². The number of hydrogen-bond acceptors (Lipinski definition) is 4. The van der Waals surface area contributed by atoms with Crippen molar-refractivity contribution >= 4 is 37.5 Å². The van der Waals surface area contributed by atoms with Crippen molar-refractivity contribution in [2.45, 2.75) is 24.7 Å². The Bertz CT molecular complexity index is 637. The number of benzene rings is 1. The molecule has 0 aliphatic carbocycles. The third-order valence-corrected chi connectivity index (χ3v) is 5.15. The summed E-state index contributed by atoms with van der Waals surface area (Å²) in [6, 6.07) is 2.29. The van der Waals surface area contributed by atoms with E-state index in [9.17, 15) is 17.6 Å². The smallest absolute Gasteiger partial charge is 0.246 e. The Hall–Kier alpha value is -1.19. The Morgan fingerprint density at radius 3 is 2.57 bits per heavy atom. The fourth-order valence-corrected chi connectivity index (χ4v) is 3.88. The molecule has 0 aromatic heterocycles. The number of nitrogens with two attached hydrogens (primary N) is 2. The van der Waals surface area contributed by atoms with Gasteiger partial charge < -0.3 is 11.5 Å². The van der Waals surface area contributed by atoms with E-state index in [1.54, 1.807) is 0 Å². The molecule has 0 fully saturated rings. The maximum Gasteiger partial charge on any atom is 0.246 e. The Labute approximate surface area is 131 Å². The molecule has 1 aromatic rings. The van der Waals surface area contributed by atoms with Crippen LogP contribution in [0.3, 0.4) is 0 Å². The minimum absolute atomic E-state index is 0.0596. The number of hydrogen-bond donors (Lipinski definition) is 2. The van der Waals surface area contributed by atoms with E-state index in [4.69, 9.17) is 11.5 Å². The highest BCUT2D eigenvalue weighted by Crippen LogP contribution is 2.28. The molecule has 4 N–H and O–H groups in total. The quantitative estimate of drug-likeness (QED) is 0.696. The number of amides is 1. The van der Waals surface area contributed by atoms with Crippen molar-refractivity contribution in [2.75, 3.05) is 18.8 Å². The molecule has 0 unspecified atom stereocenters. The number of anilines is 1. The first-order chi connectivity index (χ1) is 9.70. The van der Waals surface area contributed by atoms with E-state index in [-0.39, 0.29) is 16.7 Å². The molecule has 0 saturated heterocycles. The van der Waals surface area contributed by atoms with Gasteiger partial charge in [0.1, 0.15) is 4.90 Å². The first-order valence-corrected chi connectivity index (χ1v) is 8.46. The second-order valence-corrected chi connectivity index (χ2v) is 7.23. The van der Waals surface area contributed by atoms with Crippen LogP contribution in [0, 0.1) is 5.82 Å². The lowest BCUT2D eigenvalue weighted by atomic mass is 10.3. The van der Waals surface area contributed by atoms with Gasteiger partial charge in [0.25, 0.3) is 0 Å². The number of carbonyl (C=O) groups is 1. The zero-order valence-corrected chi connectivity index (χ0v) is 13.9. The summed E-state index contributed by atoms with van der Waals surface area (Å²) in [7, 11) is -4.20. The molecule has 0 aliphatic rings. The molecule has 118 valence electrons. The van der Waals surface area contributed by atoms with Gasteiger partial charge >= 0.3 is 0 Å². The van der Waals surface area contributed by atoms with Gasteiger partial charge in [-0.05, 0) is 34.5 Å². The Kier molecular flexibility index (Phi) is 6.11. The average Bonchev–Trinajstić information content (AvgIpc) is 2.38. The monoisotopic (exact) mass is 381 g/mol. The van der Waals surface area contributed by atoms with Crippen LogP contribution in [-0.4, -0.2) is 31.7 Å². The highest BCUT2D eigenvalue weighted by Gasteiger charge is 2.29. The molecule has 0 atom stereocenters. The highest BCUT2D eigenvalue weighted by atomic mass is 79.9. The standard InChI is InChI=1S/C12H17BrFN3O3S/c1-2-3-4-17(7-11(16)18)21(19,20)10-6-8(15)5-9(13)12(10)14/h5-6H,2-4,7,15H2,1H3,(H2,16,18). The van der Waals surface area contributed by atoms with Gasteiger partial charge in [0, 0.05) is 12.2 Å². The lowest BCUT2D eigenvalue weighted by Gasteiger charge is -2.21. The van der Waals surface area contributed by atoms with Crippen molar-refractivity contribution in [2.24, 2.45) is 5.73 Å². The first-order valence-electron chi connectivity index (χ1n) is 6.23. The lowest BCUT2D eigenvalue weighted by molar-refractivity contribution is -0.118. The minimum Gasteiger partial charge on any atom is -0.399 e. The van der Waals surface area contributed by atoms with Gasteiger partial charge in [0.2, 0.25) is 15.9 Å². The molecular formula is C12H17BrFN3O3S. The first kappa shape index (κ1) is 17.9. The second kappa shape index (κ2) is 7.19. The average molecular weight is 382 g/mol. The summed E-state index contributed by atoms with van der Waals surface area (Å²) < 4.78 is 39.9. The predicted molar refractivity (Wildman–Crippen MR) is 81.4 cm³/mol. The fraction of sp³-hybridized carbons (Fsp3) is 0.417. The van der Waals surface area contributed by atoms with Crippen LogP contribution in [-0.2, 0) is 14.8 Å². The predicted octanol–water partition coefficient (Wildman–Crippen LogP) is 1.45. The largest absolute Gasteiger partial charge is 0.399 e. The molecule has 0 aliphatic heterocycles. The molecule has 21 heavy (non-hydrogen) atoms. The van der Waals surface area contributed by atoms with Crippen molar-refractivity contribution in [1.29, 1.82) is 0 Å². The molecule has 0 radical (unpaired) electrons. The number of halogens is 2. The zero-order chi connectivity index (χ0) is 16.2. The van der Waals surface area contributed by atoms with Crippen molar-refractivity contribution in [1.82, 2.24) is 4.31 Å². The summed E-state index contributed by atoms with van der Waals surface area (Å²) in [5.74, 6) is -1.76. The summed E-state index contributed by atoms with van der Waals surface area (Å²) in [5.41, 5.74) is 10.7. The SMILES string of the molecule is CCCCN(CC(N)=O)S(=O)(=O)c1cc(N)cc(Br)c1F. The van der Waals surface area contributed by atoms with E-state index in [1.165, 1.54) is 6.07 Å². The Morgan fingerprint density at radius 2 is 2.05 bits per heavy atom. The third kappa shape index (κ3) is 4.39. The van der Waals surface area contributed by atoms with Gasteiger partial charge in [0.05, 0.1) is 11.0 Å². The van der Waals surface area contributed by atoms with Crippen molar-refractivity contribution in [3.63, 3.8) is 0 Å². The number of primary amides is 1. The zero-order valence-electron chi connectivity index (χ0n) is 11.5. The van der Waals surface area contributed by atoms with Gasteiger partial charge in [-0.3, -0.25) is 4.79 Å². The highest BCUT2D eigenvalue weighted by molar-refractivity contribution is 9.10. The van der Waals surface area contributed by atoms with Crippen LogP contribution in [0.1, 0.15) is 19.8 Å². The van der Waals surface area contributed by atoms with E-state index < -0.39 is 33.2 Å². The van der Waals surface area contributed by atoms with Gasteiger partial charge in [-0.1, -0.05) is 13.3 Å². The number of nitrogen functional groups attached to an aromatic ring is 1. The summed E-state index contributed by atoms with van der Waals surface area (Å²) in [6.45, 7) is 1.44. The molecule has 0 spiro atoms. The van der Waals surface area contributed by atoms with E-state index in [0.717, 1.165) is 10.4 Å². The maximum absolute atomic E-state index is 14.1. The fourth-order valence-electron chi connectivity index (χ4n) is 1.70. The van der Waals surface area contributed by atoms with E-state index >= 15 is 0 Å². The van der Waals surface area contributed by atoms with Crippen LogP contribution in [0.2, 0.25) is 0 Å². The van der Waals surface area contributed by atoms with Crippen molar-refractivity contribution < 1.29 is 17.6 Å². The van der Waals surface area contributed by atoms with Crippen LogP contribution < -0.4 is 11.5 Å². The molecule has 1 amide bonds. The molecule has 6 nitrogen and oxygen atoms in total. The molecule has 0 saturated carbocycles. The van der Waals surface area contributed by atoms with Gasteiger partial charge in [-0.2, -0.15) is 4.31 Å². The number of nitrogens with zero attached hydrogens (tertiary/aromatic N) is 1. The number of sulfonamides is 1. The van der Waals surface area contributed by atoms with Crippen LogP contribution in [0.15, 0.2) is 21.5 Å². The van der Waals surface area contributed by atoms with Gasteiger partial charge in [-0.15, -0.1) is 0 Å². The third-order valence-electron chi connectivity index (χ3n) is 2.73. The molecule has 0 bridgehead atoms. The van der Waals surface area contributed by atoms with Gasteiger partial charge in [-0.25, -0.2) is 12.8 Å². The topological polar surface area (TPSA) is 106 Å². The summed E-state index contributed by atoms with van der Waals surface area (Å²) in [6.07, 6.45) is 1.24. The minimum atomic E-state index is -4.20. The molecule has 1 rings (SSSR count). The van der Waals surface area contributed by atoms with Crippen molar-refractivity contribution in [3.05, 3.63) is 22.4 Å². The second-order valence-electron chi connectivity index (χ2n) is 4.47. The van der Waals surface area contributed by atoms with Gasteiger partial charge in [0.15, 0.2) is 5.82 Å². The number of carbonyl (C=O) groups excluding carboxylic acids is 1. The van der Waals surface area contributed by atoms with E-state index in [2.05, 4.69) is 15.9 Å². The summed E-state index contributed by atoms with van der Waals surface area (Å²) >= 11 is 2.91. The lowest BCUT2D eigenvalue weighted by Crippen LogP contribution is -2.39. The number of unbranched alkanes of at least 4 members (excludes halogenated alkanes) is 1. The van der Waals surface area contributed by atoms with Crippen LogP contribution in [0.4, 0.5) is 10.1 Å². The Morgan fingerprint density at radius 1 is 1.43 bits per heavy atom. The van der Waals surface area contributed by atoms with E-state index in [1.807, 2.05) is 6.92 Å². The molecule has 1 aromatic carbocycles. The summed E-state index contributed by atoms with van der Waals surface area (Å²) in [4.78, 5) is 10.5.